The number of nitrogens with one attached hydrogen (secondary N) is 2. The fourth-order valence-electron chi connectivity index (χ4n) is 1.38. The average molecular weight is 196 g/mol. The molecule has 2 N–H and O–H groups in total. The third kappa shape index (κ3) is 3.89. The summed E-state index contributed by atoms with van der Waals surface area (Å²) in [5, 5.41) is 10.2. The normalized spacial score (nSPS) is 11.1. The first-order valence-corrected chi connectivity index (χ1v) is 5.28. The third-order valence-corrected chi connectivity index (χ3v) is 2.37. The van der Waals surface area contributed by atoms with E-state index in [4.69, 9.17) is 0 Å². The molecule has 0 spiro atoms. The topological polar surface area (TPSA) is 44.0 Å². The van der Waals surface area contributed by atoms with Gasteiger partial charge in [-0.05, 0) is 19.2 Å². The van der Waals surface area contributed by atoms with Crippen molar-refractivity contribution in [3.8, 4) is 0 Å². The van der Waals surface area contributed by atoms with Gasteiger partial charge in [-0.25, -0.2) is 0 Å². The van der Waals surface area contributed by atoms with Gasteiger partial charge in [0.1, 0.15) is 0 Å². The molecular weight excluding hydrogens is 176 g/mol. The Kier molecular flexibility index (Phi) is 5.25. The quantitative estimate of drug-likeness (QED) is 0.635. The Morgan fingerprint density at radius 1 is 1.43 bits per heavy atom. The molecule has 0 amide bonds. The predicted molar refractivity (Wildman–Crippen MR) is 58.1 cm³/mol. The van der Waals surface area contributed by atoms with Crippen LogP contribution in [-0.4, -0.2) is 41.3 Å². The van der Waals surface area contributed by atoms with Crippen molar-refractivity contribution in [2.45, 2.75) is 20.4 Å². The molecule has 0 aliphatic carbocycles. The van der Waals surface area contributed by atoms with E-state index < -0.39 is 0 Å². The monoisotopic (exact) mass is 196 g/mol. The molecule has 0 aromatic carbocycles. The van der Waals surface area contributed by atoms with Crippen LogP contribution in [0.3, 0.4) is 0 Å². The van der Waals surface area contributed by atoms with Crippen molar-refractivity contribution in [1.82, 2.24) is 20.4 Å². The van der Waals surface area contributed by atoms with Gasteiger partial charge in [-0.15, -0.1) is 0 Å². The van der Waals surface area contributed by atoms with Gasteiger partial charge in [0.05, 0.1) is 0 Å². The zero-order chi connectivity index (χ0) is 10.2. The van der Waals surface area contributed by atoms with E-state index in [9.17, 15) is 0 Å². The Morgan fingerprint density at radius 3 is 2.79 bits per heavy atom. The number of rotatable bonds is 7. The minimum absolute atomic E-state index is 0.876. The highest BCUT2D eigenvalue weighted by Crippen LogP contribution is 1.90. The maximum Gasteiger partial charge on any atom is 0.0490 e. The number of hydrogen-bond donors (Lipinski definition) is 2. The highest BCUT2D eigenvalue weighted by Gasteiger charge is 1.97. The average Bonchev–Trinajstić information content (AvgIpc) is 2.71. The summed E-state index contributed by atoms with van der Waals surface area (Å²) in [5.74, 6) is 0. The van der Waals surface area contributed by atoms with Crippen molar-refractivity contribution in [1.29, 1.82) is 0 Å². The maximum absolute atomic E-state index is 3.89. The molecule has 0 saturated heterocycles. The van der Waals surface area contributed by atoms with Crippen LogP contribution >= 0.6 is 0 Å². The van der Waals surface area contributed by atoms with Crippen molar-refractivity contribution >= 4 is 0 Å². The zero-order valence-corrected chi connectivity index (χ0v) is 9.08. The highest BCUT2D eigenvalue weighted by atomic mass is 15.1. The summed E-state index contributed by atoms with van der Waals surface area (Å²) in [4.78, 5) is 2.40. The summed E-state index contributed by atoms with van der Waals surface area (Å²) in [6.45, 7) is 9.66. The summed E-state index contributed by atoms with van der Waals surface area (Å²) in [5.41, 5.74) is 1.14. The fourth-order valence-corrected chi connectivity index (χ4v) is 1.38. The third-order valence-electron chi connectivity index (χ3n) is 2.37. The molecule has 4 nitrogen and oxygen atoms in total. The van der Waals surface area contributed by atoms with E-state index in [1.807, 2.05) is 6.07 Å². The molecule has 0 aliphatic rings. The largest absolute Gasteiger partial charge is 0.310 e. The first kappa shape index (κ1) is 11.2. The second kappa shape index (κ2) is 6.56. The number of nitrogens with zero attached hydrogens (tertiary/aromatic N) is 2. The molecule has 1 aromatic heterocycles. The van der Waals surface area contributed by atoms with E-state index in [1.54, 1.807) is 6.20 Å². The molecule has 0 unspecified atom stereocenters. The Balaban J connectivity index is 2.04. The van der Waals surface area contributed by atoms with Crippen LogP contribution in [0.15, 0.2) is 12.3 Å². The smallest absolute Gasteiger partial charge is 0.0490 e. The summed E-state index contributed by atoms with van der Waals surface area (Å²) in [6, 6.07) is 1.99. The van der Waals surface area contributed by atoms with E-state index in [2.05, 4.69) is 34.3 Å². The van der Waals surface area contributed by atoms with Crippen molar-refractivity contribution in [3.63, 3.8) is 0 Å². The highest BCUT2D eigenvalue weighted by molar-refractivity contribution is 4.96. The molecule has 80 valence electrons. The van der Waals surface area contributed by atoms with Crippen LogP contribution in [0.5, 0.6) is 0 Å². The van der Waals surface area contributed by atoms with Crippen LogP contribution in [0, 0.1) is 0 Å². The molecule has 0 atom stereocenters. The van der Waals surface area contributed by atoms with E-state index in [1.165, 1.54) is 0 Å². The minimum atomic E-state index is 0.876. The standard InChI is InChI=1S/C10H20N4/c1-3-14(4-2)8-7-11-9-10-5-6-12-13-10/h5-6,11H,3-4,7-9H2,1-2H3,(H,12,13). The second-order valence-electron chi connectivity index (χ2n) is 3.29. The van der Waals surface area contributed by atoms with E-state index in [-0.39, 0.29) is 0 Å². The van der Waals surface area contributed by atoms with Gasteiger partial charge >= 0.3 is 0 Å². The van der Waals surface area contributed by atoms with E-state index in [0.717, 1.165) is 38.4 Å². The van der Waals surface area contributed by atoms with Gasteiger partial charge in [0, 0.05) is 31.5 Å². The zero-order valence-electron chi connectivity index (χ0n) is 9.08. The molecule has 4 heteroatoms. The Bertz CT molecular complexity index is 216. The molecule has 0 saturated carbocycles. The summed E-state index contributed by atoms with van der Waals surface area (Å²) in [7, 11) is 0. The van der Waals surface area contributed by atoms with Gasteiger partial charge in [0.15, 0.2) is 0 Å². The first-order valence-electron chi connectivity index (χ1n) is 5.28. The summed E-state index contributed by atoms with van der Waals surface area (Å²) >= 11 is 0. The lowest BCUT2D eigenvalue weighted by Gasteiger charge is -2.17. The number of aromatic nitrogens is 2. The van der Waals surface area contributed by atoms with Crippen molar-refractivity contribution < 1.29 is 0 Å². The van der Waals surface area contributed by atoms with Gasteiger partial charge in [0.25, 0.3) is 0 Å². The fraction of sp³-hybridized carbons (Fsp3) is 0.700. The van der Waals surface area contributed by atoms with Gasteiger partial charge < -0.3 is 10.2 Å². The lowest BCUT2D eigenvalue weighted by molar-refractivity contribution is 0.302. The van der Waals surface area contributed by atoms with E-state index in [0.29, 0.717) is 0 Å². The van der Waals surface area contributed by atoms with Crippen molar-refractivity contribution in [2.24, 2.45) is 0 Å². The van der Waals surface area contributed by atoms with Gasteiger partial charge in [0.2, 0.25) is 0 Å². The Hall–Kier alpha value is -0.870. The SMILES string of the molecule is CCN(CC)CCNCc1ccn[nH]1. The van der Waals surface area contributed by atoms with Gasteiger partial charge in [-0.1, -0.05) is 13.8 Å². The van der Waals surface area contributed by atoms with Crippen LogP contribution in [0.1, 0.15) is 19.5 Å². The van der Waals surface area contributed by atoms with Crippen LogP contribution in [0.2, 0.25) is 0 Å². The van der Waals surface area contributed by atoms with Crippen LogP contribution in [-0.2, 0) is 6.54 Å². The molecule has 0 aliphatic heterocycles. The van der Waals surface area contributed by atoms with E-state index >= 15 is 0 Å². The van der Waals surface area contributed by atoms with Crippen LogP contribution in [0.4, 0.5) is 0 Å². The molecule has 1 rings (SSSR count). The van der Waals surface area contributed by atoms with Crippen molar-refractivity contribution in [3.05, 3.63) is 18.0 Å². The molecule has 0 fully saturated rings. The van der Waals surface area contributed by atoms with Gasteiger partial charge in [-0.2, -0.15) is 5.10 Å². The van der Waals surface area contributed by atoms with Gasteiger partial charge in [-0.3, -0.25) is 5.10 Å². The lowest BCUT2D eigenvalue weighted by atomic mass is 10.4. The Morgan fingerprint density at radius 2 is 2.21 bits per heavy atom. The minimum Gasteiger partial charge on any atom is -0.310 e. The maximum atomic E-state index is 3.89. The van der Waals surface area contributed by atoms with Crippen LogP contribution < -0.4 is 5.32 Å². The number of hydrogen-bond acceptors (Lipinski definition) is 3. The molecule has 14 heavy (non-hydrogen) atoms. The van der Waals surface area contributed by atoms with Crippen molar-refractivity contribution in [2.75, 3.05) is 26.2 Å². The lowest BCUT2D eigenvalue weighted by Crippen LogP contribution is -2.31. The predicted octanol–water partition coefficient (Wildman–Crippen LogP) is 0.841. The molecular formula is C10H20N4. The Labute approximate surface area is 85.7 Å². The number of H-pyrrole nitrogens is 1. The molecule has 1 heterocycles. The molecule has 1 aromatic rings. The first-order chi connectivity index (χ1) is 6.86. The summed E-state index contributed by atoms with van der Waals surface area (Å²) in [6.07, 6.45) is 1.78. The molecule has 0 bridgehead atoms. The second-order valence-corrected chi connectivity index (χ2v) is 3.29. The van der Waals surface area contributed by atoms with Crippen LogP contribution in [0.25, 0.3) is 0 Å². The number of likely N-dealkylation sites (N-methyl/N-ethyl adjacent to an activating group) is 1. The summed E-state index contributed by atoms with van der Waals surface area (Å²) < 4.78 is 0. The molecule has 0 radical (unpaired) electrons. The number of aromatic amines is 1.